The summed E-state index contributed by atoms with van der Waals surface area (Å²) in [7, 11) is 0. The predicted molar refractivity (Wildman–Crippen MR) is 63.4 cm³/mol. The van der Waals surface area contributed by atoms with E-state index in [1.165, 1.54) is 12.1 Å². The van der Waals surface area contributed by atoms with Gasteiger partial charge in [0.1, 0.15) is 5.82 Å². The van der Waals surface area contributed by atoms with E-state index in [9.17, 15) is 9.18 Å². The van der Waals surface area contributed by atoms with Crippen molar-refractivity contribution in [1.82, 2.24) is 4.98 Å². The number of aromatic amines is 1. The van der Waals surface area contributed by atoms with Crippen LogP contribution in [-0.2, 0) is 6.42 Å². The average Bonchev–Trinajstić information content (AvgIpc) is 2.24. The van der Waals surface area contributed by atoms with Crippen LogP contribution in [0.1, 0.15) is 23.7 Å². The van der Waals surface area contributed by atoms with E-state index in [-0.39, 0.29) is 11.2 Å². The fourth-order valence-electron chi connectivity index (χ4n) is 2.03. The number of halogens is 1. The first kappa shape index (κ1) is 10.9. The third-order valence-electron chi connectivity index (χ3n) is 2.97. The lowest BCUT2D eigenvalue weighted by molar-refractivity contribution is 0.628. The Bertz CT molecular complexity index is 613. The number of pyridine rings is 1. The van der Waals surface area contributed by atoms with Crippen molar-refractivity contribution in [2.75, 3.05) is 0 Å². The van der Waals surface area contributed by atoms with E-state index < -0.39 is 0 Å². The molecule has 1 N–H and O–H groups in total. The van der Waals surface area contributed by atoms with Crippen molar-refractivity contribution in [2.24, 2.45) is 0 Å². The standard InChI is InChI=1S/C13H14FNO/c1-4-11-8(3)13(16)10-6-9(14)5-7(2)12(10)15-11/h5-6H,4H2,1-3H3,(H,15,16). The molecule has 0 aliphatic carbocycles. The minimum absolute atomic E-state index is 0.0757. The lowest BCUT2D eigenvalue weighted by atomic mass is 10.1. The molecule has 0 saturated heterocycles. The minimum Gasteiger partial charge on any atom is -0.358 e. The Morgan fingerprint density at radius 3 is 2.62 bits per heavy atom. The number of hydrogen-bond donors (Lipinski definition) is 1. The van der Waals surface area contributed by atoms with Gasteiger partial charge in [0.05, 0.1) is 5.52 Å². The van der Waals surface area contributed by atoms with Gasteiger partial charge in [0, 0.05) is 16.6 Å². The Hall–Kier alpha value is -1.64. The van der Waals surface area contributed by atoms with Crippen molar-refractivity contribution < 1.29 is 4.39 Å². The molecule has 0 atom stereocenters. The molecule has 2 rings (SSSR count). The van der Waals surface area contributed by atoms with Gasteiger partial charge in [-0.05, 0) is 38.0 Å². The van der Waals surface area contributed by atoms with Crippen molar-refractivity contribution in [2.45, 2.75) is 27.2 Å². The smallest absolute Gasteiger partial charge is 0.192 e. The van der Waals surface area contributed by atoms with Crippen LogP contribution in [0.4, 0.5) is 4.39 Å². The second-order valence-electron chi connectivity index (χ2n) is 4.06. The summed E-state index contributed by atoms with van der Waals surface area (Å²) < 4.78 is 13.2. The van der Waals surface area contributed by atoms with Crippen LogP contribution in [0.3, 0.4) is 0 Å². The van der Waals surface area contributed by atoms with E-state index in [2.05, 4.69) is 4.98 Å². The van der Waals surface area contributed by atoms with Gasteiger partial charge in [0.2, 0.25) is 0 Å². The maximum absolute atomic E-state index is 13.2. The quantitative estimate of drug-likeness (QED) is 0.786. The minimum atomic E-state index is -0.362. The first-order valence-corrected chi connectivity index (χ1v) is 5.36. The molecule has 0 spiro atoms. The summed E-state index contributed by atoms with van der Waals surface area (Å²) >= 11 is 0. The van der Waals surface area contributed by atoms with Gasteiger partial charge in [-0.1, -0.05) is 6.92 Å². The second-order valence-corrected chi connectivity index (χ2v) is 4.06. The molecule has 16 heavy (non-hydrogen) atoms. The fraction of sp³-hybridized carbons (Fsp3) is 0.308. The van der Waals surface area contributed by atoms with Crippen molar-refractivity contribution in [3.63, 3.8) is 0 Å². The number of H-pyrrole nitrogens is 1. The van der Waals surface area contributed by atoms with E-state index in [0.717, 1.165) is 23.2 Å². The normalized spacial score (nSPS) is 11.0. The highest BCUT2D eigenvalue weighted by Gasteiger charge is 2.09. The Balaban J connectivity index is 2.99. The van der Waals surface area contributed by atoms with Gasteiger partial charge in [-0.3, -0.25) is 4.79 Å². The molecule has 1 heterocycles. The van der Waals surface area contributed by atoms with Crippen LogP contribution in [0, 0.1) is 19.7 Å². The highest BCUT2D eigenvalue weighted by molar-refractivity contribution is 5.82. The number of aromatic nitrogens is 1. The van der Waals surface area contributed by atoms with Crippen LogP contribution >= 0.6 is 0 Å². The van der Waals surface area contributed by atoms with Crippen molar-refractivity contribution in [3.05, 3.63) is 45.0 Å². The Labute approximate surface area is 93.1 Å². The molecular formula is C13H14FNO. The molecular weight excluding hydrogens is 205 g/mol. The molecule has 0 saturated carbocycles. The summed E-state index contributed by atoms with van der Waals surface area (Å²) in [5, 5.41) is 0.437. The molecule has 2 aromatic rings. The molecule has 2 nitrogen and oxygen atoms in total. The maximum Gasteiger partial charge on any atom is 0.192 e. The average molecular weight is 219 g/mol. The Kier molecular flexibility index (Phi) is 2.54. The van der Waals surface area contributed by atoms with Crippen LogP contribution in [0.5, 0.6) is 0 Å². The summed E-state index contributed by atoms with van der Waals surface area (Å²) in [4.78, 5) is 15.2. The zero-order valence-electron chi connectivity index (χ0n) is 9.65. The van der Waals surface area contributed by atoms with Gasteiger partial charge < -0.3 is 4.98 Å². The summed E-state index contributed by atoms with van der Waals surface area (Å²) in [6, 6.07) is 2.74. The molecule has 0 fully saturated rings. The van der Waals surface area contributed by atoms with Crippen molar-refractivity contribution in [3.8, 4) is 0 Å². The topological polar surface area (TPSA) is 32.9 Å². The molecule has 3 heteroatoms. The molecule has 0 amide bonds. The zero-order chi connectivity index (χ0) is 11.9. The van der Waals surface area contributed by atoms with Crippen LogP contribution in [-0.4, -0.2) is 4.98 Å². The first-order chi connectivity index (χ1) is 7.54. The molecule has 0 unspecified atom stereocenters. The predicted octanol–water partition coefficient (Wildman–Crippen LogP) is 2.85. The van der Waals surface area contributed by atoms with E-state index in [1.54, 1.807) is 13.8 Å². The number of aryl methyl sites for hydroxylation is 2. The number of benzene rings is 1. The molecule has 0 aliphatic rings. The molecule has 1 aromatic heterocycles. The largest absolute Gasteiger partial charge is 0.358 e. The monoisotopic (exact) mass is 219 g/mol. The number of rotatable bonds is 1. The van der Waals surface area contributed by atoms with Gasteiger partial charge in [-0.2, -0.15) is 0 Å². The number of fused-ring (bicyclic) bond motifs is 1. The maximum atomic E-state index is 13.2. The second kappa shape index (κ2) is 3.74. The Morgan fingerprint density at radius 2 is 2.00 bits per heavy atom. The lowest BCUT2D eigenvalue weighted by Crippen LogP contribution is -2.12. The third kappa shape index (κ3) is 1.52. The fourth-order valence-corrected chi connectivity index (χ4v) is 2.03. The summed E-state index contributed by atoms with van der Waals surface area (Å²) in [6.07, 6.45) is 0.772. The van der Waals surface area contributed by atoms with Crippen LogP contribution in [0.25, 0.3) is 10.9 Å². The van der Waals surface area contributed by atoms with Gasteiger partial charge in [-0.15, -0.1) is 0 Å². The van der Waals surface area contributed by atoms with Gasteiger partial charge >= 0.3 is 0 Å². The highest BCUT2D eigenvalue weighted by Crippen LogP contribution is 2.17. The SMILES string of the molecule is CCc1[nH]c2c(C)cc(F)cc2c(=O)c1C. The third-order valence-corrected chi connectivity index (χ3v) is 2.97. The van der Waals surface area contributed by atoms with E-state index in [1.807, 2.05) is 6.92 Å². The van der Waals surface area contributed by atoms with Crippen LogP contribution in [0.2, 0.25) is 0 Å². The summed E-state index contributed by atoms with van der Waals surface area (Å²) in [5.41, 5.74) is 3.04. The molecule has 0 bridgehead atoms. The van der Waals surface area contributed by atoms with Crippen molar-refractivity contribution >= 4 is 10.9 Å². The van der Waals surface area contributed by atoms with Crippen LogP contribution < -0.4 is 5.43 Å². The molecule has 1 aromatic carbocycles. The van der Waals surface area contributed by atoms with E-state index in [0.29, 0.717) is 10.9 Å². The number of hydrogen-bond acceptors (Lipinski definition) is 1. The van der Waals surface area contributed by atoms with Crippen molar-refractivity contribution in [1.29, 1.82) is 0 Å². The number of nitrogens with one attached hydrogen (secondary N) is 1. The Morgan fingerprint density at radius 1 is 1.31 bits per heavy atom. The lowest BCUT2D eigenvalue weighted by Gasteiger charge is -2.08. The summed E-state index contributed by atoms with van der Waals surface area (Å²) in [5.74, 6) is -0.362. The van der Waals surface area contributed by atoms with Gasteiger partial charge in [0.25, 0.3) is 0 Å². The first-order valence-electron chi connectivity index (χ1n) is 5.36. The molecule has 0 aliphatic heterocycles. The van der Waals surface area contributed by atoms with Gasteiger partial charge in [-0.25, -0.2) is 4.39 Å². The zero-order valence-corrected chi connectivity index (χ0v) is 9.65. The molecule has 84 valence electrons. The van der Waals surface area contributed by atoms with Gasteiger partial charge in [0.15, 0.2) is 5.43 Å². The van der Waals surface area contributed by atoms with E-state index in [4.69, 9.17) is 0 Å². The summed E-state index contributed by atoms with van der Waals surface area (Å²) in [6.45, 7) is 5.57. The van der Waals surface area contributed by atoms with E-state index >= 15 is 0 Å². The highest BCUT2D eigenvalue weighted by atomic mass is 19.1. The van der Waals surface area contributed by atoms with Crippen LogP contribution in [0.15, 0.2) is 16.9 Å². The molecule has 0 radical (unpaired) electrons.